The highest BCUT2D eigenvalue weighted by Crippen LogP contribution is 2.33. The number of carbonyl (C=O) groups excluding carboxylic acids is 1. The molecular weight excluding hydrogens is 374 g/mol. The topological polar surface area (TPSA) is 63.7 Å². The SMILES string of the molecule is CCC(=O)N[C@@H](c1nccs1)[C@@H]1CCCN(Cc2ccc(OC)c(OC)c2)C1. The number of amides is 1. The van der Waals surface area contributed by atoms with E-state index in [1.807, 2.05) is 30.6 Å². The van der Waals surface area contributed by atoms with Crippen molar-refractivity contribution < 1.29 is 14.3 Å². The molecule has 1 N–H and O–H groups in total. The fraction of sp³-hybridized carbons (Fsp3) is 0.524. The molecule has 2 aromatic rings. The van der Waals surface area contributed by atoms with Crippen LogP contribution in [0.15, 0.2) is 29.8 Å². The molecule has 0 radical (unpaired) electrons. The van der Waals surface area contributed by atoms with E-state index in [0.717, 1.165) is 49.0 Å². The number of hydrogen-bond acceptors (Lipinski definition) is 6. The molecule has 28 heavy (non-hydrogen) atoms. The molecule has 7 heteroatoms. The Morgan fingerprint density at radius 3 is 2.86 bits per heavy atom. The summed E-state index contributed by atoms with van der Waals surface area (Å²) in [6.45, 7) is 4.72. The second-order valence-corrected chi connectivity index (χ2v) is 8.02. The van der Waals surface area contributed by atoms with Crippen LogP contribution in [0, 0.1) is 5.92 Å². The molecule has 152 valence electrons. The molecule has 6 nitrogen and oxygen atoms in total. The lowest BCUT2D eigenvalue weighted by Gasteiger charge is -2.36. The normalized spacial score (nSPS) is 18.5. The van der Waals surface area contributed by atoms with Gasteiger partial charge in [-0.2, -0.15) is 0 Å². The van der Waals surface area contributed by atoms with Crippen LogP contribution in [0.5, 0.6) is 11.5 Å². The smallest absolute Gasteiger partial charge is 0.220 e. The molecule has 0 aliphatic carbocycles. The quantitative estimate of drug-likeness (QED) is 0.729. The van der Waals surface area contributed by atoms with Crippen molar-refractivity contribution in [3.05, 3.63) is 40.3 Å². The van der Waals surface area contributed by atoms with E-state index in [1.54, 1.807) is 25.6 Å². The maximum atomic E-state index is 12.1. The van der Waals surface area contributed by atoms with Crippen molar-refractivity contribution in [2.24, 2.45) is 5.92 Å². The van der Waals surface area contributed by atoms with Gasteiger partial charge in [-0.1, -0.05) is 13.0 Å². The first-order valence-electron chi connectivity index (χ1n) is 9.76. The lowest BCUT2D eigenvalue weighted by molar-refractivity contribution is -0.122. The largest absolute Gasteiger partial charge is 0.493 e. The molecule has 1 fully saturated rings. The van der Waals surface area contributed by atoms with Crippen molar-refractivity contribution in [1.29, 1.82) is 0 Å². The minimum Gasteiger partial charge on any atom is -0.493 e. The first-order valence-corrected chi connectivity index (χ1v) is 10.6. The Labute approximate surface area is 170 Å². The fourth-order valence-corrected chi connectivity index (χ4v) is 4.57. The molecule has 0 spiro atoms. The zero-order valence-corrected chi connectivity index (χ0v) is 17.6. The molecule has 1 amide bonds. The molecule has 0 saturated carbocycles. The van der Waals surface area contributed by atoms with Crippen LogP contribution in [0.4, 0.5) is 0 Å². The summed E-state index contributed by atoms with van der Waals surface area (Å²) < 4.78 is 10.8. The summed E-state index contributed by atoms with van der Waals surface area (Å²) in [7, 11) is 3.31. The number of ether oxygens (including phenoxy) is 2. The second kappa shape index (κ2) is 9.89. The predicted molar refractivity (Wildman–Crippen MR) is 111 cm³/mol. The number of hydrogen-bond donors (Lipinski definition) is 1. The Morgan fingerprint density at radius 1 is 1.36 bits per heavy atom. The van der Waals surface area contributed by atoms with Gasteiger partial charge in [0.1, 0.15) is 5.01 Å². The van der Waals surface area contributed by atoms with E-state index in [2.05, 4.69) is 21.3 Å². The first kappa shape index (κ1) is 20.6. The number of aromatic nitrogens is 1. The number of methoxy groups -OCH3 is 2. The Morgan fingerprint density at radius 2 is 2.18 bits per heavy atom. The third-order valence-corrected chi connectivity index (χ3v) is 6.08. The van der Waals surface area contributed by atoms with Gasteiger partial charge in [-0.25, -0.2) is 4.98 Å². The van der Waals surface area contributed by atoms with Gasteiger partial charge >= 0.3 is 0 Å². The zero-order chi connectivity index (χ0) is 19.9. The van der Waals surface area contributed by atoms with Crippen LogP contribution in [0.3, 0.4) is 0 Å². The lowest BCUT2D eigenvalue weighted by atomic mass is 9.90. The van der Waals surface area contributed by atoms with E-state index in [1.165, 1.54) is 5.56 Å². The maximum absolute atomic E-state index is 12.1. The molecular formula is C21H29N3O3S. The van der Waals surface area contributed by atoms with Crippen LogP contribution in [0.2, 0.25) is 0 Å². The highest BCUT2D eigenvalue weighted by molar-refractivity contribution is 7.09. The number of thiazole rings is 1. The molecule has 1 aromatic carbocycles. The van der Waals surface area contributed by atoms with Crippen LogP contribution in [-0.2, 0) is 11.3 Å². The Bertz CT molecular complexity index is 766. The van der Waals surface area contributed by atoms with E-state index in [9.17, 15) is 4.79 Å². The number of nitrogens with zero attached hydrogens (tertiary/aromatic N) is 2. The van der Waals surface area contributed by atoms with Gasteiger partial charge in [0.25, 0.3) is 0 Å². The number of piperidine rings is 1. The summed E-state index contributed by atoms with van der Waals surface area (Å²) in [4.78, 5) is 19.0. The molecule has 1 aliphatic heterocycles. The number of likely N-dealkylation sites (tertiary alicyclic amines) is 1. The summed E-state index contributed by atoms with van der Waals surface area (Å²) in [5, 5.41) is 6.18. The van der Waals surface area contributed by atoms with Gasteiger partial charge in [0, 0.05) is 31.1 Å². The molecule has 0 bridgehead atoms. The van der Waals surface area contributed by atoms with E-state index >= 15 is 0 Å². The third-order valence-electron chi connectivity index (χ3n) is 5.22. The Hall–Kier alpha value is -2.12. The number of nitrogens with one attached hydrogen (secondary N) is 1. The summed E-state index contributed by atoms with van der Waals surface area (Å²) in [6, 6.07) is 6.07. The van der Waals surface area contributed by atoms with Gasteiger partial charge in [0.15, 0.2) is 11.5 Å². The van der Waals surface area contributed by atoms with Crippen LogP contribution < -0.4 is 14.8 Å². The van der Waals surface area contributed by atoms with E-state index in [4.69, 9.17) is 9.47 Å². The van der Waals surface area contributed by atoms with Gasteiger partial charge < -0.3 is 14.8 Å². The summed E-state index contributed by atoms with van der Waals surface area (Å²) in [5.74, 6) is 1.94. The van der Waals surface area contributed by atoms with Crippen molar-refractivity contribution in [2.45, 2.75) is 38.8 Å². The molecule has 3 rings (SSSR count). The average Bonchev–Trinajstić information content (AvgIpc) is 3.26. The molecule has 1 aromatic heterocycles. The van der Waals surface area contributed by atoms with Crippen molar-refractivity contribution in [3.63, 3.8) is 0 Å². The number of benzene rings is 1. The molecule has 1 saturated heterocycles. The Kier molecular flexibility index (Phi) is 7.28. The molecule has 1 aliphatic rings. The van der Waals surface area contributed by atoms with Crippen molar-refractivity contribution in [3.8, 4) is 11.5 Å². The lowest BCUT2D eigenvalue weighted by Crippen LogP contribution is -2.42. The summed E-state index contributed by atoms with van der Waals surface area (Å²) in [5.41, 5.74) is 1.20. The van der Waals surface area contributed by atoms with Crippen molar-refractivity contribution in [1.82, 2.24) is 15.2 Å². The van der Waals surface area contributed by atoms with Crippen molar-refractivity contribution >= 4 is 17.2 Å². The first-order chi connectivity index (χ1) is 13.6. The highest BCUT2D eigenvalue weighted by Gasteiger charge is 2.31. The third kappa shape index (κ3) is 5.02. The number of carbonyl (C=O) groups is 1. The average molecular weight is 404 g/mol. The van der Waals surface area contributed by atoms with Crippen LogP contribution in [0.1, 0.15) is 42.8 Å². The van der Waals surface area contributed by atoms with Crippen molar-refractivity contribution in [2.75, 3.05) is 27.3 Å². The van der Waals surface area contributed by atoms with E-state index in [0.29, 0.717) is 12.3 Å². The number of rotatable bonds is 8. The van der Waals surface area contributed by atoms with Gasteiger partial charge in [-0.15, -0.1) is 11.3 Å². The molecule has 2 atom stereocenters. The standard InChI is InChI=1S/C21H29N3O3S/c1-4-19(25)23-20(21-22-9-11-28-21)16-6-5-10-24(14-16)13-15-7-8-17(26-2)18(12-15)27-3/h7-9,11-12,16,20H,4-6,10,13-14H2,1-3H3,(H,23,25)/t16-,20-/m1/s1. The maximum Gasteiger partial charge on any atom is 0.220 e. The minimum absolute atomic E-state index is 0.0133. The van der Waals surface area contributed by atoms with Gasteiger partial charge in [0.05, 0.1) is 20.3 Å². The van der Waals surface area contributed by atoms with Crippen LogP contribution in [0.25, 0.3) is 0 Å². The predicted octanol–water partition coefficient (Wildman–Crippen LogP) is 3.64. The van der Waals surface area contributed by atoms with E-state index in [-0.39, 0.29) is 11.9 Å². The van der Waals surface area contributed by atoms with E-state index < -0.39 is 0 Å². The van der Waals surface area contributed by atoms with Crippen LogP contribution >= 0.6 is 11.3 Å². The minimum atomic E-state index is -0.0133. The zero-order valence-electron chi connectivity index (χ0n) is 16.8. The summed E-state index contributed by atoms with van der Waals surface area (Å²) in [6.07, 6.45) is 4.51. The monoisotopic (exact) mass is 403 g/mol. The highest BCUT2D eigenvalue weighted by atomic mass is 32.1. The molecule has 0 unspecified atom stereocenters. The van der Waals surface area contributed by atoms with Gasteiger partial charge in [-0.3, -0.25) is 9.69 Å². The second-order valence-electron chi connectivity index (χ2n) is 7.10. The van der Waals surface area contributed by atoms with Gasteiger partial charge in [-0.05, 0) is 43.0 Å². The summed E-state index contributed by atoms with van der Waals surface area (Å²) >= 11 is 1.62. The fourth-order valence-electron chi connectivity index (χ4n) is 3.79. The van der Waals surface area contributed by atoms with Gasteiger partial charge in [0.2, 0.25) is 5.91 Å². The Balaban J connectivity index is 1.71. The van der Waals surface area contributed by atoms with Crippen LogP contribution in [-0.4, -0.2) is 43.1 Å². The molecule has 2 heterocycles.